The molecule has 2 heterocycles. The van der Waals surface area contributed by atoms with Crippen LogP contribution in [0, 0.1) is 5.92 Å². The molecule has 2 aliphatic rings. The average molecular weight is 503 g/mol. The van der Waals surface area contributed by atoms with Crippen LogP contribution in [0.3, 0.4) is 0 Å². The zero-order valence-electron chi connectivity index (χ0n) is 24.8. The Morgan fingerprint density at radius 1 is 0.750 bits per heavy atom. The summed E-state index contributed by atoms with van der Waals surface area (Å²) in [7, 11) is 0. The molecule has 0 radical (unpaired) electrons. The van der Waals surface area contributed by atoms with Crippen LogP contribution >= 0.6 is 0 Å². The number of ether oxygens (including phenoxy) is 2. The second kappa shape index (κ2) is 20.7. The van der Waals surface area contributed by atoms with E-state index in [2.05, 4.69) is 80.8 Å². The van der Waals surface area contributed by atoms with E-state index in [0.717, 1.165) is 32.1 Å². The summed E-state index contributed by atoms with van der Waals surface area (Å²) in [6.07, 6.45) is 12.7. The van der Waals surface area contributed by atoms with Crippen molar-refractivity contribution in [3.05, 3.63) is 42.0 Å². The van der Waals surface area contributed by atoms with Crippen molar-refractivity contribution in [2.45, 2.75) is 99.0 Å². The summed E-state index contributed by atoms with van der Waals surface area (Å²) in [5.41, 5.74) is 1.36. The Labute approximate surface area is 224 Å². The van der Waals surface area contributed by atoms with Crippen molar-refractivity contribution in [3.63, 3.8) is 0 Å². The first-order valence-corrected chi connectivity index (χ1v) is 15.0. The number of likely N-dealkylation sites (tertiary alicyclic amines) is 2. The van der Waals surface area contributed by atoms with Gasteiger partial charge in [-0.1, -0.05) is 78.7 Å². The summed E-state index contributed by atoms with van der Waals surface area (Å²) < 4.78 is 11.9. The third-order valence-electron chi connectivity index (χ3n) is 7.24. The van der Waals surface area contributed by atoms with Crippen molar-refractivity contribution in [3.8, 4) is 5.75 Å². The van der Waals surface area contributed by atoms with Crippen molar-refractivity contribution in [1.82, 2.24) is 9.80 Å². The summed E-state index contributed by atoms with van der Waals surface area (Å²) in [5, 5.41) is 0. The molecule has 208 valence electrons. The minimum atomic E-state index is 0.175. The Morgan fingerprint density at radius 2 is 1.25 bits per heavy atom. The van der Waals surface area contributed by atoms with E-state index in [1.165, 1.54) is 70.3 Å². The minimum absolute atomic E-state index is 0.175. The molecule has 3 rings (SSSR count). The average Bonchev–Trinajstić information content (AvgIpc) is 3.63. The topological polar surface area (TPSA) is 24.9 Å². The summed E-state index contributed by atoms with van der Waals surface area (Å²) in [5.74, 6) is 1.92. The van der Waals surface area contributed by atoms with Crippen LogP contribution in [0.15, 0.2) is 36.4 Å². The fourth-order valence-corrected chi connectivity index (χ4v) is 4.40. The SMILES string of the molecule is CC.CC(/C=C\C(C)C(C)c1ccc(OCCN2CCCC2)cc1)OCCN1CCCC1.CCCC. The lowest BCUT2D eigenvalue weighted by Gasteiger charge is -2.19. The van der Waals surface area contributed by atoms with E-state index < -0.39 is 0 Å². The highest BCUT2D eigenvalue weighted by Gasteiger charge is 2.14. The molecule has 4 nitrogen and oxygen atoms in total. The lowest BCUT2D eigenvalue weighted by molar-refractivity contribution is 0.0794. The van der Waals surface area contributed by atoms with Gasteiger partial charge in [-0.15, -0.1) is 0 Å². The van der Waals surface area contributed by atoms with E-state index in [-0.39, 0.29) is 6.10 Å². The van der Waals surface area contributed by atoms with Gasteiger partial charge in [0, 0.05) is 13.1 Å². The third kappa shape index (κ3) is 13.8. The van der Waals surface area contributed by atoms with Crippen molar-refractivity contribution in [2.75, 3.05) is 52.5 Å². The van der Waals surface area contributed by atoms with Crippen LogP contribution < -0.4 is 4.74 Å². The number of hydrogen-bond donors (Lipinski definition) is 0. The molecule has 3 atom stereocenters. The standard InChI is InChI=1S/C26H42N2O2.C4H10.C2H6/c1-22(8-9-23(2)29-20-18-27-14-4-5-15-27)24(3)25-10-12-26(13-11-25)30-21-19-28-16-6-7-17-28;1-3-4-2;1-2/h8-13,22-24H,4-7,14-21H2,1-3H3;3-4H2,1-2H3;1-2H3/b9-8-;;. The Hall–Kier alpha value is -1.36. The molecule has 1 aromatic carbocycles. The molecule has 0 bridgehead atoms. The van der Waals surface area contributed by atoms with Crippen molar-refractivity contribution in [2.24, 2.45) is 5.92 Å². The monoisotopic (exact) mass is 502 g/mol. The quantitative estimate of drug-likeness (QED) is 0.257. The molecule has 2 aliphatic heterocycles. The van der Waals surface area contributed by atoms with Crippen molar-refractivity contribution in [1.29, 1.82) is 0 Å². The Kier molecular flexibility index (Phi) is 18.8. The second-order valence-corrected chi connectivity index (χ2v) is 10.1. The van der Waals surface area contributed by atoms with Crippen LogP contribution in [-0.2, 0) is 4.74 Å². The molecule has 0 spiro atoms. The second-order valence-electron chi connectivity index (χ2n) is 10.1. The fraction of sp³-hybridized carbons (Fsp3) is 0.750. The summed E-state index contributed by atoms with van der Waals surface area (Å²) >= 11 is 0. The van der Waals surface area contributed by atoms with Crippen molar-refractivity contribution >= 4 is 0 Å². The molecular weight excluding hydrogens is 444 g/mol. The van der Waals surface area contributed by atoms with E-state index in [0.29, 0.717) is 11.8 Å². The van der Waals surface area contributed by atoms with Gasteiger partial charge in [0.05, 0.1) is 12.7 Å². The van der Waals surface area contributed by atoms with Gasteiger partial charge in [-0.25, -0.2) is 0 Å². The van der Waals surface area contributed by atoms with E-state index in [4.69, 9.17) is 9.47 Å². The van der Waals surface area contributed by atoms with Gasteiger partial charge in [0.15, 0.2) is 0 Å². The Bertz CT molecular complexity index is 647. The number of hydrogen-bond acceptors (Lipinski definition) is 4. The normalized spacial score (nSPS) is 18.8. The molecular formula is C32H58N2O2. The van der Waals surface area contributed by atoms with Gasteiger partial charge in [0.1, 0.15) is 12.4 Å². The minimum Gasteiger partial charge on any atom is -0.492 e. The van der Waals surface area contributed by atoms with Crippen LogP contribution in [0.5, 0.6) is 5.75 Å². The number of allylic oxidation sites excluding steroid dienone is 1. The summed E-state index contributed by atoms with van der Waals surface area (Å²) in [6.45, 7) is 23.8. The highest BCUT2D eigenvalue weighted by Crippen LogP contribution is 2.27. The van der Waals surface area contributed by atoms with E-state index in [9.17, 15) is 0 Å². The first-order chi connectivity index (χ1) is 17.5. The summed E-state index contributed by atoms with van der Waals surface area (Å²) in [6, 6.07) is 8.68. The molecule has 2 saturated heterocycles. The maximum atomic E-state index is 5.98. The van der Waals surface area contributed by atoms with Gasteiger partial charge in [0.2, 0.25) is 0 Å². The van der Waals surface area contributed by atoms with Gasteiger partial charge in [-0.3, -0.25) is 4.90 Å². The molecule has 1 aromatic rings. The molecule has 3 unspecified atom stereocenters. The third-order valence-corrected chi connectivity index (χ3v) is 7.24. The molecule has 0 N–H and O–H groups in total. The van der Waals surface area contributed by atoms with E-state index in [1.807, 2.05) is 13.8 Å². The van der Waals surface area contributed by atoms with E-state index >= 15 is 0 Å². The summed E-state index contributed by atoms with van der Waals surface area (Å²) in [4.78, 5) is 4.99. The van der Waals surface area contributed by atoms with Gasteiger partial charge in [-0.05, 0) is 88.3 Å². The number of nitrogens with zero attached hydrogens (tertiary/aromatic N) is 2. The molecule has 0 saturated carbocycles. The number of rotatable bonds is 13. The number of unbranched alkanes of at least 4 members (excludes halogenated alkanes) is 1. The molecule has 0 amide bonds. The lowest BCUT2D eigenvalue weighted by Crippen LogP contribution is -2.25. The molecule has 0 aliphatic carbocycles. The predicted octanol–water partition coefficient (Wildman–Crippen LogP) is 7.79. The van der Waals surface area contributed by atoms with Crippen LogP contribution in [-0.4, -0.2) is 68.4 Å². The smallest absolute Gasteiger partial charge is 0.119 e. The van der Waals surface area contributed by atoms with Gasteiger partial charge in [-0.2, -0.15) is 0 Å². The zero-order chi connectivity index (χ0) is 26.6. The zero-order valence-corrected chi connectivity index (χ0v) is 24.8. The maximum Gasteiger partial charge on any atom is 0.119 e. The molecule has 0 aromatic heterocycles. The lowest BCUT2D eigenvalue weighted by atomic mass is 9.88. The van der Waals surface area contributed by atoms with Gasteiger partial charge in [0.25, 0.3) is 0 Å². The van der Waals surface area contributed by atoms with Crippen LogP contribution in [0.1, 0.15) is 98.5 Å². The Morgan fingerprint density at radius 3 is 1.75 bits per heavy atom. The van der Waals surface area contributed by atoms with Crippen LogP contribution in [0.25, 0.3) is 0 Å². The maximum absolute atomic E-state index is 5.98. The van der Waals surface area contributed by atoms with Gasteiger partial charge < -0.3 is 14.4 Å². The van der Waals surface area contributed by atoms with E-state index in [1.54, 1.807) is 0 Å². The number of benzene rings is 1. The Balaban J connectivity index is 0.000000982. The van der Waals surface area contributed by atoms with Crippen molar-refractivity contribution < 1.29 is 9.47 Å². The largest absolute Gasteiger partial charge is 0.492 e. The van der Waals surface area contributed by atoms with Gasteiger partial charge >= 0.3 is 0 Å². The molecule has 36 heavy (non-hydrogen) atoms. The first-order valence-electron chi connectivity index (χ1n) is 15.0. The van der Waals surface area contributed by atoms with Crippen LogP contribution in [0.2, 0.25) is 0 Å². The highest BCUT2D eigenvalue weighted by atomic mass is 16.5. The highest BCUT2D eigenvalue weighted by molar-refractivity contribution is 5.30. The molecule has 4 heteroatoms. The van der Waals surface area contributed by atoms with Crippen LogP contribution in [0.4, 0.5) is 0 Å². The fourth-order valence-electron chi connectivity index (χ4n) is 4.40. The predicted molar refractivity (Wildman–Crippen MR) is 157 cm³/mol. The molecule has 2 fully saturated rings. The first kappa shape index (κ1) is 32.7.